The number of carboxylic acid groups (broad SMARTS) is 1. The number of amides is 1. The van der Waals surface area contributed by atoms with Crippen LogP contribution in [0.25, 0.3) is 0 Å². The van der Waals surface area contributed by atoms with Crippen LogP contribution in [0.3, 0.4) is 0 Å². The second-order valence-corrected chi connectivity index (χ2v) is 4.61. The van der Waals surface area contributed by atoms with E-state index in [-0.39, 0.29) is 32.6 Å². The summed E-state index contributed by atoms with van der Waals surface area (Å²) in [5.41, 5.74) is 0.261. The van der Waals surface area contributed by atoms with Gasteiger partial charge in [0.15, 0.2) is 5.75 Å². The molecule has 102 valence electrons. The molecular formula is C12H11Cl2NO4. The lowest BCUT2D eigenvalue weighted by molar-refractivity contribution is -0.133. The van der Waals surface area contributed by atoms with Crippen LogP contribution < -0.4 is 5.32 Å². The number of phenols is 1. The van der Waals surface area contributed by atoms with Gasteiger partial charge >= 0.3 is 5.97 Å². The number of carbonyl (C=O) groups excluding carboxylic acids is 1. The Kier molecular flexibility index (Phi) is 4.80. The second-order valence-electron chi connectivity index (χ2n) is 3.80. The number of aromatic hydroxyl groups is 1. The van der Waals surface area contributed by atoms with Crippen LogP contribution in [0.15, 0.2) is 23.3 Å². The predicted molar refractivity (Wildman–Crippen MR) is 72.8 cm³/mol. The molecule has 0 fully saturated rings. The van der Waals surface area contributed by atoms with Crippen molar-refractivity contribution < 1.29 is 19.8 Å². The highest BCUT2D eigenvalue weighted by Crippen LogP contribution is 2.34. The van der Waals surface area contributed by atoms with Gasteiger partial charge in [-0.2, -0.15) is 0 Å². The van der Waals surface area contributed by atoms with Gasteiger partial charge < -0.3 is 15.5 Å². The van der Waals surface area contributed by atoms with Crippen molar-refractivity contribution in [2.45, 2.75) is 13.8 Å². The Balaban J connectivity index is 3.02. The molecule has 0 heterocycles. The number of hydrogen-bond acceptors (Lipinski definition) is 3. The minimum Gasteiger partial charge on any atom is -0.505 e. The van der Waals surface area contributed by atoms with Gasteiger partial charge in [0.05, 0.1) is 10.0 Å². The maximum atomic E-state index is 11.8. The van der Waals surface area contributed by atoms with Gasteiger partial charge in [0, 0.05) is 16.8 Å². The minimum atomic E-state index is -1.17. The van der Waals surface area contributed by atoms with E-state index in [1.54, 1.807) is 0 Å². The molecule has 0 spiro atoms. The molecule has 0 atom stereocenters. The van der Waals surface area contributed by atoms with Crippen LogP contribution in [0.1, 0.15) is 13.8 Å². The highest BCUT2D eigenvalue weighted by Gasteiger charge is 2.14. The van der Waals surface area contributed by atoms with E-state index in [0.717, 1.165) is 0 Å². The number of carboxylic acids is 1. The van der Waals surface area contributed by atoms with Crippen molar-refractivity contribution in [1.29, 1.82) is 0 Å². The number of anilines is 1. The molecule has 1 aromatic carbocycles. The Morgan fingerprint density at radius 1 is 1.11 bits per heavy atom. The average Bonchev–Trinajstić information content (AvgIpc) is 2.33. The number of rotatable bonds is 3. The van der Waals surface area contributed by atoms with Gasteiger partial charge in [0.1, 0.15) is 0 Å². The minimum absolute atomic E-state index is 0.0145. The molecule has 0 saturated carbocycles. The van der Waals surface area contributed by atoms with Crippen molar-refractivity contribution in [3.05, 3.63) is 33.3 Å². The number of phenolic OH excluding ortho intramolecular Hbond substituents is 1. The van der Waals surface area contributed by atoms with E-state index in [4.69, 9.17) is 28.3 Å². The Labute approximate surface area is 119 Å². The summed E-state index contributed by atoms with van der Waals surface area (Å²) >= 11 is 11.4. The van der Waals surface area contributed by atoms with Crippen LogP contribution in [0.5, 0.6) is 5.75 Å². The number of hydrogen-bond donors (Lipinski definition) is 3. The number of nitrogens with one attached hydrogen (secondary N) is 1. The summed E-state index contributed by atoms with van der Waals surface area (Å²) < 4.78 is 0. The number of halogens is 2. The van der Waals surface area contributed by atoms with E-state index in [0.29, 0.717) is 0 Å². The molecule has 7 heteroatoms. The van der Waals surface area contributed by atoms with Gasteiger partial charge in [0.25, 0.3) is 5.91 Å². The average molecular weight is 304 g/mol. The second kappa shape index (κ2) is 5.95. The molecule has 1 rings (SSSR count). The first-order chi connectivity index (χ1) is 8.73. The first-order valence-electron chi connectivity index (χ1n) is 5.14. The van der Waals surface area contributed by atoms with Crippen LogP contribution in [0.2, 0.25) is 10.0 Å². The van der Waals surface area contributed by atoms with E-state index < -0.39 is 11.9 Å². The van der Waals surface area contributed by atoms with Crippen molar-refractivity contribution in [3.8, 4) is 5.75 Å². The fraction of sp³-hybridized carbons (Fsp3) is 0.167. The highest BCUT2D eigenvalue weighted by molar-refractivity contribution is 6.37. The lowest BCUT2D eigenvalue weighted by Crippen LogP contribution is -2.16. The van der Waals surface area contributed by atoms with E-state index in [1.807, 2.05) is 0 Å². The standard InChI is InChI=1S/C12H11Cl2NO4/c1-5(6(2)12(18)19)11(17)15-7-3-8(13)10(16)9(14)4-7/h3-4,16H,1-2H3,(H,15,17)(H,18,19)/b6-5+. The molecule has 1 aromatic rings. The molecule has 0 saturated heterocycles. The molecule has 0 unspecified atom stereocenters. The maximum absolute atomic E-state index is 11.8. The van der Waals surface area contributed by atoms with Crippen molar-refractivity contribution in [2.24, 2.45) is 0 Å². The lowest BCUT2D eigenvalue weighted by atomic mass is 10.1. The summed E-state index contributed by atoms with van der Waals surface area (Å²) in [4.78, 5) is 22.5. The van der Waals surface area contributed by atoms with E-state index in [2.05, 4.69) is 5.32 Å². The Hall–Kier alpha value is -1.72. The van der Waals surface area contributed by atoms with Crippen molar-refractivity contribution in [3.63, 3.8) is 0 Å². The first kappa shape index (κ1) is 15.3. The van der Waals surface area contributed by atoms with Gasteiger partial charge in [-0.1, -0.05) is 23.2 Å². The fourth-order valence-corrected chi connectivity index (χ4v) is 1.68. The summed E-state index contributed by atoms with van der Waals surface area (Å²) in [7, 11) is 0. The number of benzene rings is 1. The monoisotopic (exact) mass is 303 g/mol. The topological polar surface area (TPSA) is 86.6 Å². The molecule has 0 aliphatic heterocycles. The molecule has 3 N–H and O–H groups in total. The predicted octanol–water partition coefficient (Wildman–Crippen LogP) is 3.06. The number of aliphatic carboxylic acids is 1. The van der Waals surface area contributed by atoms with Crippen molar-refractivity contribution in [2.75, 3.05) is 5.32 Å². The zero-order valence-electron chi connectivity index (χ0n) is 10.1. The van der Waals surface area contributed by atoms with Gasteiger partial charge in [-0.05, 0) is 26.0 Å². The summed E-state index contributed by atoms with van der Waals surface area (Å²) in [5.74, 6) is -2.04. The third-order valence-electron chi connectivity index (χ3n) is 2.50. The van der Waals surface area contributed by atoms with Crippen LogP contribution >= 0.6 is 23.2 Å². The van der Waals surface area contributed by atoms with Gasteiger partial charge in [-0.25, -0.2) is 4.79 Å². The van der Waals surface area contributed by atoms with Crippen molar-refractivity contribution >= 4 is 40.8 Å². The Bertz CT molecular complexity index is 558. The lowest BCUT2D eigenvalue weighted by Gasteiger charge is -2.09. The first-order valence-corrected chi connectivity index (χ1v) is 5.89. The quantitative estimate of drug-likeness (QED) is 0.591. The summed E-state index contributed by atoms with van der Waals surface area (Å²) in [6, 6.07) is 2.62. The van der Waals surface area contributed by atoms with E-state index in [1.165, 1.54) is 26.0 Å². The zero-order valence-corrected chi connectivity index (χ0v) is 11.6. The summed E-state index contributed by atoms with van der Waals surface area (Å²) in [6.07, 6.45) is 0. The van der Waals surface area contributed by atoms with E-state index >= 15 is 0 Å². The van der Waals surface area contributed by atoms with Crippen LogP contribution in [-0.2, 0) is 9.59 Å². The molecule has 0 radical (unpaired) electrons. The highest BCUT2D eigenvalue weighted by atomic mass is 35.5. The molecule has 1 amide bonds. The van der Waals surface area contributed by atoms with Crippen LogP contribution in [0, 0.1) is 0 Å². The number of carbonyl (C=O) groups is 2. The summed E-state index contributed by atoms with van der Waals surface area (Å²) in [5, 5.41) is 20.6. The molecule has 0 aliphatic rings. The largest absolute Gasteiger partial charge is 0.505 e. The van der Waals surface area contributed by atoms with Crippen LogP contribution in [0.4, 0.5) is 5.69 Å². The van der Waals surface area contributed by atoms with Crippen LogP contribution in [-0.4, -0.2) is 22.1 Å². The summed E-state index contributed by atoms with van der Waals surface area (Å²) in [6.45, 7) is 2.72. The fourth-order valence-electron chi connectivity index (χ4n) is 1.19. The van der Waals surface area contributed by atoms with E-state index in [9.17, 15) is 14.7 Å². The third kappa shape index (κ3) is 3.62. The van der Waals surface area contributed by atoms with Gasteiger partial charge in [-0.3, -0.25) is 4.79 Å². The molecule has 5 nitrogen and oxygen atoms in total. The molecule has 0 aliphatic carbocycles. The normalized spacial score (nSPS) is 11.8. The smallest absolute Gasteiger partial charge is 0.331 e. The maximum Gasteiger partial charge on any atom is 0.331 e. The SMILES string of the molecule is C/C(C(=O)O)=C(/C)C(=O)Nc1cc(Cl)c(O)c(Cl)c1. The molecular weight excluding hydrogens is 293 g/mol. The van der Waals surface area contributed by atoms with Gasteiger partial charge in [-0.15, -0.1) is 0 Å². The molecule has 0 aromatic heterocycles. The molecule has 19 heavy (non-hydrogen) atoms. The Morgan fingerprint density at radius 3 is 2.00 bits per heavy atom. The molecule has 0 bridgehead atoms. The Morgan fingerprint density at radius 2 is 1.58 bits per heavy atom. The van der Waals surface area contributed by atoms with Gasteiger partial charge in [0.2, 0.25) is 0 Å². The third-order valence-corrected chi connectivity index (χ3v) is 3.07. The van der Waals surface area contributed by atoms with Crippen molar-refractivity contribution in [1.82, 2.24) is 0 Å². The zero-order chi connectivity index (χ0) is 14.7.